The van der Waals surface area contributed by atoms with Crippen LogP contribution in [0.1, 0.15) is 44.6 Å². The first kappa shape index (κ1) is 16.3. The van der Waals surface area contributed by atoms with Gasteiger partial charge >= 0.3 is 0 Å². The topological polar surface area (TPSA) is 23.6 Å². The Morgan fingerprint density at radius 2 is 1.87 bits per heavy atom. The monoisotopic (exact) mass is 312 g/mol. The third kappa shape index (κ3) is 4.44. The molecule has 0 atom stereocenters. The third-order valence-corrected chi connectivity index (χ3v) is 5.04. The van der Waals surface area contributed by atoms with E-state index in [4.69, 9.17) is 0 Å². The number of carbonyl (C=O) groups is 1. The maximum absolute atomic E-state index is 12.1. The molecule has 1 aromatic carbocycles. The van der Waals surface area contributed by atoms with E-state index in [2.05, 4.69) is 53.1 Å². The third-order valence-electron chi connectivity index (χ3n) is 5.04. The van der Waals surface area contributed by atoms with Crippen molar-refractivity contribution in [3.63, 3.8) is 0 Å². The minimum Gasteiger partial charge on any atom is -0.340 e. The first-order valence-electron chi connectivity index (χ1n) is 8.96. The number of nitrogens with zero attached hydrogens (tertiary/aromatic N) is 2. The second-order valence-corrected chi connectivity index (χ2v) is 6.95. The Morgan fingerprint density at radius 1 is 1.13 bits per heavy atom. The molecule has 0 spiro atoms. The van der Waals surface area contributed by atoms with Gasteiger partial charge in [-0.25, -0.2) is 0 Å². The van der Waals surface area contributed by atoms with Gasteiger partial charge in [0.15, 0.2) is 0 Å². The molecule has 2 fully saturated rings. The number of rotatable bonds is 4. The summed E-state index contributed by atoms with van der Waals surface area (Å²) in [4.78, 5) is 16.7. The van der Waals surface area contributed by atoms with Gasteiger partial charge in [-0.15, -0.1) is 0 Å². The van der Waals surface area contributed by atoms with Crippen LogP contribution in [0.25, 0.3) is 6.08 Å². The summed E-state index contributed by atoms with van der Waals surface area (Å²) in [5.41, 5.74) is 2.68. The molecular formula is C20H28N2O. The molecule has 2 saturated heterocycles. The van der Waals surface area contributed by atoms with Crippen molar-refractivity contribution in [2.45, 2.75) is 45.1 Å². The minimum absolute atomic E-state index is 0.384. The van der Waals surface area contributed by atoms with Gasteiger partial charge in [0.1, 0.15) is 0 Å². The van der Waals surface area contributed by atoms with E-state index in [9.17, 15) is 4.79 Å². The molecule has 0 N–H and O–H groups in total. The van der Waals surface area contributed by atoms with Crippen LogP contribution in [0.15, 0.2) is 35.9 Å². The summed E-state index contributed by atoms with van der Waals surface area (Å²) in [6.07, 6.45) is 7.57. The molecule has 0 unspecified atom stereocenters. The fourth-order valence-corrected chi connectivity index (χ4v) is 3.83. The van der Waals surface area contributed by atoms with E-state index >= 15 is 0 Å². The van der Waals surface area contributed by atoms with Crippen molar-refractivity contribution < 1.29 is 4.79 Å². The highest BCUT2D eigenvalue weighted by molar-refractivity contribution is 5.77. The van der Waals surface area contributed by atoms with Gasteiger partial charge in [0.05, 0.1) is 0 Å². The van der Waals surface area contributed by atoms with Gasteiger partial charge in [-0.3, -0.25) is 9.69 Å². The zero-order chi connectivity index (χ0) is 16.1. The van der Waals surface area contributed by atoms with E-state index in [0.29, 0.717) is 11.9 Å². The summed E-state index contributed by atoms with van der Waals surface area (Å²) in [6, 6.07) is 11.0. The number of hydrogen-bond donors (Lipinski definition) is 0. The van der Waals surface area contributed by atoms with E-state index in [1.54, 1.807) is 0 Å². The van der Waals surface area contributed by atoms with Crippen molar-refractivity contribution in [3.8, 4) is 0 Å². The van der Waals surface area contributed by atoms with E-state index in [1.165, 1.54) is 17.6 Å². The number of benzene rings is 1. The number of hydrogen-bond acceptors (Lipinski definition) is 2. The number of likely N-dealkylation sites (tertiary alicyclic amines) is 2. The van der Waals surface area contributed by atoms with Gasteiger partial charge in [-0.2, -0.15) is 0 Å². The Labute approximate surface area is 140 Å². The molecule has 2 aliphatic rings. The molecule has 0 aromatic heterocycles. The normalized spacial score (nSPS) is 21.7. The highest BCUT2D eigenvalue weighted by atomic mass is 16.2. The van der Waals surface area contributed by atoms with Gasteiger partial charge < -0.3 is 4.90 Å². The Hall–Kier alpha value is -1.61. The van der Waals surface area contributed by atoms with Crippen LogP contribution in [0.4, 0.5) is 0 Å². The average Bonchev–Trinajstić information content (AvgIpc) is 2.57. The van der Waals surface area contributed by atoms with Crippen molar-refractivity contribution in [3.05, 3.63) is 41.5 Å². The highest BCUT2D eigenvalue weighted by Gasteiger charge is 2.29. The van der Waals surface area contributed by atoms with Gasteiger partial charge in [-0.1, -0.05) is 42.0 Å². The smallest absolute Gasteiger partial charge is 0.222 e. The van der Waals surface area contributed by atoms with E-state index in [1.807, 2.05) is 0 Å². The fraction of sp³-hybridized carbons (Fsp3) is 0.550. The molecule has 0 aliphatic carbocycles. The Kier molecular flexibility index (Phi) is 5.50. The lowest BCUT2D eigenvalue weighted by atomic mass is 9.99. The Morgan fingerprint density at radius 3 is 2.57 bits per heavy atom. The molecule has 2 aliphatic heterocycles. The average molecular weight is 312 g/mol. The maximum Gasteiger partial charge on any atom is 0.222 e. The van der Waals surface area contributed by atoms with Crippen molar-refractivity contribution >= 4 is 12.0 Å². The number of piperidine rings is 2. The summed E-state index contributed by atoms with van der Waals surface area (Å²) in [5.74, 6) is 0.384. The van der Waals surface area contributed by atoms with Crippen LogP contribution in [0.5, 0.6) is 0 Å². The highest BCUT2D eigenvalue weighted by Crippen LogP contribution is 2.22. The van der Waals surface area contributed by atoms with Crippen LogP contribution >= 0.6 is 0 Å². The molecule has 0 radical (unpaired) electrons. The molecule has 2 heterocycles. The maximum atomic E-state index is 12.1. The molecule has 124 valence electrons. The van der Waals surface area contributed by atoms with Crippen molar-refractivity contribution in [1.82, 2.24) is 9.80 Å². The summed E-state index contributed by atoms with van der Waals surface area (Å²) in [5, 5.41) is 0. The molecule has 3 rings (SSSR count). The standard InChI is InChI=1S/C20H28N2O/c1-17(15-18-7-3-2-4-8-18)16-21-13-10-19(11-14-21)22-12-6-5-9-20(22)23/h2-4,7-8,15,19H,5-6,9-14,16H2,1H3. The molecule has 23 heavy (non-hydrogen) atoms. The summed E-state index contributed by atoms with van der Waals surface area (Å²) in [7, 11) is 0. The summed E-state index contributed by atoms with van der Waals surface area (Å²) in [6.45, 7) is 6.45. The van der Waals surface area contributed by atoms with Gasteiger partial charge in [0.2, 0.25) is 5.91 Å². The molecule has 1 amide bonds. The number of amides is 1. The lowest BCUT2D eigenvalue weighted by molar-refractivity contribution is -0.136. The van der Waals surface area contributed by atoms with E-state index < -0.39 is 0 Å². The van der Waals surface area contributed by atoms with Crippen LogP contribution in [0, 0.1) is 0 Å². The Bertz CT molecular complexity index is 544. The van der Waals surface area contributed by atoms with E-state index in [-0.39, 0.29) is 0 Å². The fourth-order valence-electron chi connectivity index (χ4n) is 3.83. The first-order chi connectivity index (χ1) is 11.2. The van der Waals surface area contributed by atoms with Gasteiger partial charge in [0.25, 0.3) is 0 Å². The summed E-state index contributed by atoms with van der Waals surface area (Å²) < 4.78 is 0. The molecule has 1 aromatic rings. The van der Waals surface area contributed by atoms with Crippen LogP contribution in [-0.4, -0.2) is 47.9 Å². The zero-order valence-electron chi connectivity index (χ0n) is 14.2. The second-order valence-electron chi connectivity index (χ2n) is 6.95. The predicted molar refractivity (Wildman–Crippen MR) is 95.1 cm³/mol. The lowest BCUT2D eigenvalue weighted by Gasteiger charge is -2.40. The predicted octanol–water partition coefficient (Wildman–Crippen LogP) is 3.57. The largest absolute Gasteiger partial charge is 0.340 e. The Balaban J connectivity index is 1.49. The molecule has 0 saturated carbocycles. The van der Waals surface area contributed by atoms with Crippen molar-refractivity contribution in [1.29, 1.82) is 0 Å². The van der Waals surface area contributed by atoms with E-state index in [0.717, 1.165) is 51.9 Å². The number of carbonyl (C=O) groups excluding carboxylic acids is 1. The second kappa shape index (κ2) is 7.78. The lowest BCUT2D eigenvalue weighted by Crippen LogP contribution is -2.49. The first-order valence-corrected chi connectivity index (χ1v) is 8.96. The minimum atomic E-state index is 0.384. The van der Waals surface area contributed by atoms with Crippen molar-refractivity contribution in [2.24, 2.45) is 0 Å². The van der Waals surface area contributed by atoms with Crippen LogP contribution in [0.3, 0.4) is 0 Å². The molecular weight excluding hydrogens is 284 g/mol. The van der Waals surface area contributed by atoms with Crippen molar-refractivity contribution in [2.75, 3.05) is 26.2 Å². The van der Waals surface area contributed by atoms with Crippen LogP contribution < -0.4 is 0 Å². The van der Waals surface area contributed by atoms with Gasteiger partial charge in [0, 0.05) is 38.6 Å². The quantitative estimate of drug-likeness (QED) is 0.848. The van der Waals surface area contributed by atoms with Gasteiger partial charge in [-0.05, 0) is 38.2 Å². The zero-order valence-corrected chi connectivity index (χ0v) is 14.2. The molecule has 0 bridgehead atoms. The summed E-state index contributed by atoms with van der Waals surface area (Å²) >= 11 is 0. The molecule has 3 heteroatoms. The SMILES string of the molecule is CC(=Cc1ccccc1)CN1CCC(N2CCCCC2=O)CC1. The molecule has 3 nitrogen and oxygen atoms in total. The van der Waals surface area contributed by atoms with Crippen LogP contribution in [-0.2, 0) is 4.79 Å². The van der Waals surface area contributed by atoms with Crippen LogP contribution in [0.2, 0.25) is 0 Å².